The molecule has 0 bridgehead atoms. The second-order valence-electron chi connectivity index (χ2n) is 3.02. The highest BCUT2D eigenvalue weighted by Crippen LogP contribution is 2.30. The van der Waals surface area contributed by atoms with E-state index in [4.69, 9.17) is 16.9 Å². The number of nitrogens with one attached hydrogen (secondary N) is 1. The number of allylic oxidation sites excluding steroid dienone is 1. The SMILES string of the molecule is CCOC(=O)NC(C#N)=C(Cl)Sc1ccccc1. The van der Waals surface area contributed by atoms with E-state index in [9.17, 15) is 4.79 Å². The van der Waals surface area contributed by atoms with E-state index in [1.807, 2.05) is 36.4 Å². The maximum Gasteiger partial charge on any atom is 0.412 e. The summed E-state index contributed by atoms with van der Waals surface area (Å²) in [6.45, 7) is 1.91. The topological polar surface area (TPSA) is 62.1 Å². The fraction of sp³-hybridized carbons (Fsp3) is 0.167. The van der Waals surface area contributed by atoms with Crippen LogP contribution in [0.4, 0.5) is 4.79 Å². The van der Waals surface area contributed by atoms with Gasteiger partial charge >= 0.3 is 6.09 Å². The fourth-order valence-electron chi connectivity index (χ4n) is 1.03. The van der Waals surface area contributed by atoms with E-state index in [1.165, 1.54) is 11.8 Å². The molecule has 0 fully saturated rings. The molecule has 1 amide bonds. The van der Waals surface area contributed by atoms with Crippen LogP contribution in [0.5, 0.6) is 0 Å². The largest absolute Gasteiger partial charge is 0.450 e. The van der Waals surface area contributed by atoms with Crippen LogP contribution in [0.3, 0.4) is 0 Å². The summed E-state index contributed by atoms with van der Waals surface area (Å²) in [5.74, 6) is 0. The summed E-state index contributed by atoms with van der Waals surface area (Å²) in [4.78, 5) is 12.1. The van der Waals surface area contributed by atoms with Crippen LogP contribution in [0.15, 0.2) is 45.3 Å². The zero-order valence-corrected chi connectivity index (χ0v) is 11.2. The van der Waals surface area contributed by atoms with Crippen LogP contribution < -0.4 is 5.32 Å². The summed E-state index contributed by atoms with van der Waals surface area (Å²) in [6.07, 6.45) is -0.694. The Hall–Kier alpha value is -1.64. The van der Waals surface area contributed by atoms with Crippen molar-refractivity contribution in [3.63, 3.8) is 0 Å². The third kappa shape index (κ3) is 4.70. The summed E-state index contributed by atoms with van der Waals surface area (Å²) < 4.78 is 4.86. The van der Waals surface area contributed by atoms with Crippen molar-refractivity contribution in [3.05, 3.63) is 40.4 Å². The zero-order chi connectivity index (χ0) is 13.4. The molecule has 0 saturated carbocycles. The Bertz CT molecular complexity index is 483. The number of thioether (sulfide) groups is 1. The Kier molecular flexibility index (Phi) is 6.12. The standard InChI is InChI=1S/C12H11ClN2O2S/c1-2-17-12(16)15-10(8-14)11(13)18-9-6-4-3-5-7-9/h3-7H,2H2,1H3,(H,15,16). The predicted molar refractivity (Wildman–Crippen MR) is 70.9 cm³/mol. The van der Waals surface area contributed by atoms with E-state index < -0.39 is 6.09 Å². The third-order valence-electron chi connectivity index (χ3n) is 1.76. The molecule has 0 atom stereocenters. The number of nitriles is 1. The number of hydrogen-bond donors (Lipinski definition) is 1. The Morgan fingerprint density at radius 3 is 2.72 bits per heavy atom. The Morgan fingerprint density at radius 2 is 2.17 bits per heavy atom. The molecule has 0 unspecified atom stereocenters. The average molecular weight is 283 g/mol. The molecule has 0 radical (unpaired) electrons. The summed E-state index contributed by atoms with van der Waals surface area (Å²) in [6, 6.07) is 11.1. The molecular formula is C12H11ClN2O2S. The number of nitrogens with zero attached hydrogens (tertiary/aromatic N) is 1. The molecule has 0 aromatic heterocycles. The molecule has 4 nitrogen and oxygen atoms in total. The molecule has 0 aliphatic heterocycles. The number of carbonyl (C=O) groups excluding carboxylic acids is 1. The van der Waals surface area contributed by atoms with Crippen molar-refractivity contribution in [2.75, 3.05) is 6.61 Å². The van der Waals surface area contributed by atoms with Gasteiger partial charge in [-0.1, -0.05) is 41.6 Å². The number of halogens is 1. The first-order valence-corrected chi connectivity index (χ1v) is 6.33. The number of amides is 1. The van der Waals surface area contributed by atoms with E-state index >= 15 is 0 Å². The van der Waals surface area contributed by atoms with E-state index in [0.29, 0.717) is 0 Å². The van der Waals surface area contributed by atoms with Crippen molar-refractivity contribution in [2.45, 2.75) is 11.8 Å². The molecule has 6 heteroatoms. The first kappa shape index (κ1) is 14.4. The van der Waals surface area contributed by atoms with Crippen molar-refractivity contribution in [1.82, 2.24) is 5.32 Å². The van der Waals surface area contributed by atoms with Gasteiger partial charge in [-0.3, -0.25) is 5.32 Å². The third-order valence-corrected chi connectivity index (χ3v) is 3.07. The molecular weight excluding hydrogens is 272 g/mol. The first-order chi connectivity index (χ1) is 8.67. The van der Waals surface area contributed by atoms with Crippen molar-refractivity contribution in [2.24, 2.45) is 0 Å². The lowest BCUT2D eigenvalue weighted by atomic mass is 10.4. The van der Waals surface area contributed by atoms with Gasteiger partial charge < -0.3 is 4.74 Å². The molecule has 1 rings (SSSR count). The highest BCUT2D eigenvalue weighted by molar-refractivity contribution is 8.04. The van der Waals surface area contributed by atoms with Crippen molar-refractivity contribution >= 4 is 29.5 Å². The monoisotopic (exact) mass is 282 g/mol. The second kappa shape index (κ2) is 7.64. The van der Waals surface area contributed by atoms with Crippen molar-refractivity contribution in [1.29, 1.82) is 5.26 Å². The second-order valence-corrected chi connectivity index (χ2v) is 4.71. The van der Waals surface area contributed by atoms with Crippen LogP contribution in [-0.2, 0) is 4.74 Å². The molecule has 1 N–H and O–H groups in total. The van der Waals surface area contributed by atoms with Gasteiger partial charge in [0.1, 0.15) is 16.1 Å². The van der Waals surface area contributed by atoms with Gasteiger partial charge in [-0.05, 0) is 19.1 Å². The minimum Gasteiger partial charge on any atom is -0.450 e. The van der Waals surface area contributed by atoms with Crippen molar-refractivity contribution in [3.8, 4) is 6.07 Å². The fourth-order valence-corrected chi connectivity index (χ4v) is 2.09. The molecule has 0 heterocycles. The normalized spacial score (nSPS) is 11.2. The number of benzene rings is 1. The summed E-state index contributed by atoms with van der Waals surface area (Å²) in [5.41, 5.74) is -0.0241. The quantitative estimate of drug-likeness (QED) is 0.678. The lowest BCUT2D eigenvalue weighted by Gasteiger charge is -2.05. The summed E-state index contributed by atoms with van der Waals surface area (Å²) >= 11 is 7.16. The predicted octanol–water partition coefficient (Wildman–Crippen LogP) is 3.46. The van der Waals surface area contributed by atoms with E-state index in [-0.39, 0.29) is 16.7 Å². The molecule has 94 valence electrons. The van der Waals surface area contributed by atoms with Crippen LogP contribution >= 0.6 is 23.4 Å². The molecule has 18 heavy (non-hydrogen) atoms. The summed E-state index contributed by atoms with van der Waals surface area (Å²) in [5, 5.41) is 11.2. The average Bonchev–Trinajstić information content (AvgIpc) is 2.37. The maximum atomic E-state index is 11.2. The Morgan fingerprint density at radius 1 is 1.50 bits per heavy atom. The van der Waals surface area contributed by atoms with Crippen LogP contribution in [0.1, 0.15) is 6.92 Å². The van der Waals surface area contributed by atoms with Crippen LogP contribution in [0.2, 0.25) is 0 Å². The minimum absolute atomic E-state index is 0.0241. The lowest BCUT2D eigenvalue weighted by molar-refractivity contribution is 0.155. The highest BCUT2D eigenvalue weighted by Gasteiger charge is 2.10. The van der Waals surface area contributed by atoms with Crippen molar-refractivity contribution < 1.29 is 9.53 Å². The van der Waals surface area contributed by atoms with Gasteiger partial charge in [0.25, 0.3) is 0 Å². The van der Waals surface area contributed by atoms with Gasteiger partial charge in [0.2, 0.25) is 0 Å². The van der Waals surface area contributed by atoms with E-state index in [0.717, 1.165) is 4.90 Å². The van der Waals surface area contributed by atoms with Gasteiger partial charge in [0.05, 0.1) is 6.61 Å². The molecule has 0 aliphatic rings. The van der Waals surface area contributed by atoms with Crippen LogP contribution in [0, 0.1) is 11.3 Å². The molecule has 0 spiro atoms. The number of ether oxygens (including phenoxy) is 1. The van der Waals surface area contributed by atoms with Gasteiger partial charge in [-0.25, -0.2) is 4.79 Å². The molecule has 0 aliphatic carbocycles. The minimum atomic E-state index is -0.694. The van der Waals surface area contributed by atoms with Crippen LogP contribution in [0.25, 0.3) is 0 Å². The van der Waals surface area contributed by atoms with E-state index in [2.05, 4.69) is 10.1 Å². The molecule has 0 saturated heterocycles. The number of alkyl carbamates (subject to hydrolysis) is 1. The van der Waals surface area contributed by atoms with Gasteiger partial charge in [0.15, 0.2) is 0 Å². The summed E-state index contributed by atoms with van der Waals surface area (Å²) in [7, 11) is 0. The maximum absolute atomic E-state index is 11.2. The molecule has 1 aromatic rings. The first-order valence-electron chi connectivity index (χ1n) is 5.14. The lowest BCUT2D eigenvalue weighted by Crippen LogP contribution is -2.23. The Balaban J connectivity index is 2.75. The van der Waals surface area contributed by atoms with Gasteiger partial charge in [-0.15, -0.1) is 0 Å². The van der Waals surface area contributed by atoms with Gasteiger partial charge in [-0.2, -0.15) is 5.26 Å². The van der Waals surface area contributed by atoms with Crippen LogP contribution in [-0.4, -0.2) is 12.7 Å². The number of carbonyl (C=O) groups is 1. The number of rotatable bonds is 4. The highest BCUT2D eigenvalue weighted by atomic mass is 35.5. The zero-order valence-electron chi connectivity index (χ0n) is 9.64. The smallest absolute Gasteiger partial charge is 0.412 e. The van der Waals surface area contributed by atoms with E-state index in [1.54, 1.807) is 6.92 Å². The van der Waals surface area contributed by atoms with Gasteiger partial charge in [0, 0.05) is 4.90 Å². The number of hydrogen-bond acceptors (Lipinski definition) is 4. The molecule has 1 aromatic carbocycles. The Labute approximate surface area is 115 Å².